The molecule has 0 spiro atoms. The van der Waals surface area contributed by atoms with Crippen molar-refractivity contribution in [3.05, 3.63) is 34.3 Å². The highest BCUT2D eigenvalue weighted by molar-refractivity contribution is 9.10. The summed E-state index contributed by atoms with van der Waals surface area (Å²) < 4.78 is 1.10. The third-order valence-corrected chi connectivity index (χ3v) is 4.23. The molecule has 1 saturated carbocycles. The summed E-state index contributed by atoms with van der Waals surface area (Å²) >= 11 is 3.47. The molecule has 2 unspecified atom stereocenters. The normalized spacial score (nSPS) is 28.3. The van der Waals surface area contributed by atoms with Gasteiger partial charge in [0.2, 0.25) is 0 Å². The first kappa shape index (κ1) is 14.0. The fourth-order valence-corrected chi connectivity index (χ4v) is 3.33. The van der Waals surface area contributed by atoms with Crippen LogP contribution in [0.5, 0.6) is 0 Å². The minimum atomic E-state index is -0.496. The molecular formula is C15H22BrNO. The summed E-state index contributed by atoms with van der Waals surface area (Å²) in [6, 6.07) is 8.28. The summed E-state index contributed by atoms with van der Waals surface area (Å²) in [6.45, 7) is 3.75. The van der Waals surface area contributed by atoms with Crippen molar-refractivity contribution >= 4 is 15.9 Å². The van der Waals surface area contributed by atoms with Gasteiger partial charge in [-0.1, -0.05) is 47.8 Å². The predicted molar refractivity (Wildman–Crippen MR) is 78.4 cm³/mol. The monoisotopic (exact) mass is 311 g/mol. The second-order valence-electron chi connectivity index (χ2n) is 5.66. The van der Waals surface area contributed by atoms with E-state index in [1.807, 2.05) is 12.1 Å². The first-order chi connectivity index (χ1) is 8.57. The summed E-state index contributed by atoms with van der Waals surface area (Å²) in [4.78, 5) is 0. The Balaban J connectivity index is 1.81. The quantitative estimate of drug-likeness (QED) is 0.892. The van der Waals surface area contributed by atoms with E-state index in [1.54, 1.807) is 0 Å². The smallest absolute Gasteiger partial charge is 0.0774 e. The van der Waals surface area contributed by atoms with E-state index in [-0.39, 0.29) is 0 Å². The van der Waals surface area contributed by atoms with Crippen LogP contribution in [0.2, 0.25) is 0 Å². The Labute approximate surface area is 118 Å². The van der Waals surface area contributed by atoms with E-state index >= 15 is 0 Å². The molecule has 1 aliphatic carbocycles. The SMILES string of the molecule is CC1CCCC(O)(CNCc2cccc(Br)c2)C1. The molecule has 1 fully saturated rings. The highest BCUT2D eigenvalue weighted by Gasteiger charge is 2.31. The standard InChI is InChI=1S/C15H22BrNO/c1-12-4-3-7-15(18,9-12)11-17-10-13-5-2-6-14(16)8-13/h2,5-6,8,12,17-18H,3-4,7,9-11H2,1H3. The summed E-state index contributed by atoms with van der Waals surface area (Å²) in [7, 11) is 0. The number of halogens is 1. The average Bonchev–Trinajstić information content (AvgIpc) is 2.28. The first-order valence-corrected chi connectivity index (χ1v) is 7.54. The molecule has 1 aromatic rings. The van der Waals surface area contributed by atoms with Gasteiger partial charge in [-0.15, -0.1) is 0 Å². The highest BCUT2D eigenvalue weighted by atomic mass is 79.9. The molecule has 0 saturated heterocycles. The van der Waals surface area contributed by atoms with Gasteiger partial charge in [-0.05, 0) is 36.5 Å². The number of aliphatic hydroxyl groups is 1. The lowest BCUT2D eigenvalue weighted by Gasteiger charge is -2.35. The van der Waals surface area contributed by atoms with Crippen LogP contribution in [0, 0.1) is 5.92 Å². The van der Waals surface area contributed by atoms with Crippen LogP contribution in [-0.4, -0.2) is 17.3 Å². The molecule has 2 N–H and O–H groups in total. The van der Waals surface area contributed by atoms with Crippen LogP contribution in [0.3, 0.4) is 0 Å². The maximum atomic E-state index is 10.5. The summed E-state index contributed by atoms with van der Waals surface area (Å²) in [6.07, 6.45) is 4.27. The van der Waals surface area contributed by atoms with Crippen LogP contribution in [0.4, 0.5) is 0 Å². The van der Waals surface area contributed by atoms with Crippen molar-refractivity contribution in [3.63, 3.8) is 0 Å². The topological polar surface area (TPSA) is 32.3 Å². The van der Waals surface area contributed by atoms with Crippen molar-refractivity contribution < 1.29 is 5.11 Å². The zero-order valence-electron chi connectivity index (χ0n) is 11.0. The first-order valence-electron chi connectivity index (χ1n) is 6.75. The van der Waals surface area contributed by atoms with Crippen LogP contribution >= 0.6 is 15.9 Å². The Hall–Kier alpha value is -0.380. The number of hydrogen-bond acceptors (Lipinski definition) is 2. The predicted octanol–water partition coefficient (Wildman–Crippen LogP) is 3.48. The molecular weight excluding hydrogens is 290 g/mol. The van der Waals surface area contributed by atoms with E-state index < -0.39 is 5.60 Å². The van der Waals surface area contributed by atoms with Gasteiger partial charge in [0.15, 0.2) is 0 Å². The number of rotatable bonds is 4. The van der Waals surface area contributed by atoms with Crippen molar-refractivity contribution in [3.8, 4) is 0 Å². The molecule has 18 heavy (non-hydrogen) atoms. The molecule has 100 valence electrons. The van der Waals surface area contributed by atoms with Gasteiger partial charge in [-0.2, -0.15) is 0 Å². The van der Waals surface area contributed by atoms with Gasteiger partial charge >= 0.3 is 0 Å². The maximum absolute atomic E-state index is 10.5. The molecule has 0 aromatic heterocycles. The van der Waals surface area contributed by atoms with E-state index in [0.717, 1.165) is 30.3 Å². The third-order valence-electron chi connectivity index (χ3n) is 3.74. The summed E-state index contributed by atoms with van der Waals surface area (Å²) in [5.41, 5.74) is 0.751. The van der Waals surface area contributed by atoms with Crippen molar-refractivity contribution in [1.82, 2.24) is 5.32 Å². The Bertz CT molecular complexity index is 396. The fourth-order valence-electron chi connectivity index (χ4n) is 2.88. The van der Waals surface area contributed by atoms with Crippen LogP contribution in [-0.2, 0) is 6.54 Å². The van der Waals surface area contributed by atoms with Crippen molar-refractivity contribution in [2.45, 2.75) is 44.8 Å². The summed E-state index contributed by atoms with van der Waals surface area (Å²) in [5.74, 6) is 0.649. The van der Waals surface area contributed by atoms with E-state index in [2.05, 4.69) is 40.3 Å². The summed E-state index contributed by atoms with van der Waals surface area (Å²) in [5, 5.41) is 13.9. The second kappa shape index (κ2) is 6.18. The van der Waals surface area contributed by atoms with E-state index in [4.69, 9.17) is 0 Å². The molecule has 1 aromatic carbocycles. The number of nitrogens with one attached hydrogen (secondary N) is 1. The van der Waals surface area contributed by atoms with Crippen LogP contribution < -0.4 is 5.32 Å². The highest BCUT2D eigenvalue weighted by Crippen LogP contribution is 2.31. The van der Waals surface area contributed by atoms with E-state index in [1.165, 1.54) is 12.0 Å². The van der Waals surface area contributed by atoms with Crippen molar-refractivity contribution in [2.75, 3.05) is 6.54 Å². The molecule has 3 heteroatoms. The minimum Gasteiger partial charge on any atom is -0.389 e. The zero-order chi connectivity index (χ0) is 13.0. The molecule has 2 rings (SSSR count). The van der Waals surface area contributed by atoms with Gasteiger partial charge < -0.3 is 10.4 Å². The minimum absolute atomic E-state index is 0.496. The maximum Gasteiger partial charge on any atom is 0.0774 e. The lowest BCUT2D eigenvalue weighted by Crippen LogP contribution is -2.43. The molecule has 2 atom stereocenters. The average molecular weight is 312 g/mol. The molecule has 0 heterocycles. The Morgan fingerprint density at radius 2 is 2.33 bits per heavy atom. The van der Waals surface area contributed by atoms with E-state index in [0.29, 0.717) is 12.5 Å². The molecule has 1 aliphatic rings. The van der Waals surface area contributed by atoms with Gasteiger partial charge in [-0.3, -0.25) is 0 Å². The number of hydrogen-bond donors (Lipinski definition) is 2. The zero-order valence-corrected chi connectivity index (χ0v) is 12.5. The Kier molecular flexibility index (Phi) is 4.82. The van der Waals surface area contributed by atoms with Gasteiger partial charge in [0.25, 0.3) is 0 Å². The molecule has 2 nitrogen and oxygen atoms in total. The molecule has 0 radical (unpaired) electrons. The van der Waals surface area contributed by atoms with Crippen LogP contribution in [0.15, 0.2) is 28.7 Å². The third kappa shape index (κ3) is 4.08. The van der Waals surface area contributed by atoms with Crippen LogP contribution in [0.1, 0.15) is 38.2 Å². The second-order valence-corrected chi connectivity index (χ2v) is 6.58. The van der Waals surface area contributed by atoms with E-state index in [9.17, 15) is 5.11 Å². The Morgan fingerprint density at radius 1 is 1.50 bits per heavy atom. The lowest BCUT2D eigenvalue weighted by atomic mass is 9.79. The van der Waals surface area contributed by atoms with Gasteiger partial charge in [0.05, 0.1) is 5.60 Å². The van der Waals surface area contributed by atoms with Gasteiger partial charge in [0, 0.05) is 17.6 Å². The molecule has 0 bridgehead atoms. The number of benzene rings is 1. The van der Waals surface area contributed by atoms with Gasteiger partial charge in [-0.25, -0.2) is 0 Å². The lowest BCUT2D eigenvalue weighted by molar-refractivity contribution is -0.0119. The van der Waals surface area contributed by atoms with Crippen molar-refractivity contribution in [1.29, 1.82) is 0 Å². The Morgan fingerprint density at radius 3 is 3.06 bits per heavy atom. The fraction of sp³-hybridized carbons (Fsp3) is 0.600. The molecule has 0 amide bonds. The van der Waals surface area contributed by atoms with Crippen molar-refractivity contribution in [2.24, 2.45) is 5.92 Å². The van der Waals surface area contributed by atoms with Crippen LogP contribution in [0.25, 0.3) is 0 Å². The van der Waals surface area contributed by atoms with Gasteiger partial charge in [0.1, 0.15) is 0 Å². The largest absolute Gasteiger partial charge is 0.389 e. The molecule has 0 aliphatic heterocycles.